The van der Waals surface area contributed by atoms with Crippen molar-refractivity contribution in [3.8, 4) is 0 Å². The molecule has 0 aliphatic heterocycles. The second kappa shape index (κ2) is 6.67. The molecule has 3 nitrogen and oxygen atoms in total. The third-order valence-corrected chi connectivity index (χ3v) is 5.61. The standard InChI is InChI=1S/C20H13ClN2OS/c21-18-16-10-3-4-11-17(16)25-19(18)20(24)23-22-12-14-8-5-7-13-6-1-2-9-15(13)14/h1-12H,(H,23,24)/b22-12-. The lowest BCUT2D eigenvalue weighted by molar-refractivity contribution is 0.0959. The maximum absolute atomic E-state index is 12.4. The van der Waals surface area contributed by atoms with E-state index in [1.165, 1.54) is 11.3 Å². The summed E-state index contributed by atoms with van der Waals surface area (Å²) in [6.07, 6.45) is 1.65. The summed E-state index contributed by atoms with van der Waals surface area (Å²) in [4.78, 5) is 12.9. The first-order chi connectivity index (χ1) is 12.2. The molecule has 4 rings (SSSR count). The highest BCUT2D eigenvalue weighted by Gasteiger charge is 2.16. The molecular formula is C20H13ClN2OS. The van der Waals surface area contributed by atoms with Crippen LogP contribution >= 0.6 is 22.9 Å². The fourth-order valence-electron chi connectivity index (χ4n) is 2.73. The third kappa shape index (κ3) is 3.02. The van der Waals surface area contributed by atoms with Gasteiger partial charge in [-0.1, -0.05) is 72.3 Å². The van der Waals surface area contributed by atoms with Crippen LogP contribution in [-0.2, 0) is 0 Å². The zero-order chi connectivity index (χ0) is 17.2. The lowest BCUT2D eigenvalue weighted by atomic mass is 10.1. The minimum Gasteiger partial charge on any atom is -0.266 e. The van der Waals surface area contributed by atoms with Crippen LogP contribution in [0.25, 0.3) is 20.9 Å². The number of nitrogens with zero attached hydrogens (tertiary/aromatic N) is 1. The number of amides is 1. The highest BCUT2D eigenvalue weighted by Crippen LogP contribution is 2.34. The van der Waals surface area contributed by atoms with Gasteiger partial charge in [0.25, 0.3) is 5.91 Å². The molecule has 4 aromatic rings. The van der Waals surface area contributed by atoms with Crippen molar-refractivity contribution in [3.05, 3.63) is 82.2 Å². The Hall–Kier alpha value is -2.69. The summed E-state index contributed by atoms with van der Waals surface area (Å²) in [7, 11) is 0. The number of carbonyl (C=O) groups excluding carboxylic acids is 1. The highest BCUT2D eigenvalue weighted by molar-refractivity contribution is 7.21. The zero-order valence-electron chi connectivity index (χ0n) is 13.1. The summed E-state index contributed by atoms with van der Waals surface area (Å²) in [6.45, 7) is 0. The summed E-state index contributed by atoms with van der Waals surface area (Å²) < 4.78 is 0.982. The van der Waals surface area contributed by atoms with E-state index in [1.807, 2.05) is 66.7 Å². The van der Waals surface area contributed by atoms with Crippen molar-refractivity contribution in [2.24, 2.45) is 5.10 Å². The number of halogens is 1. The number of hydrogen-bond donors (Lipinski definition) is 1. The van der Waals surface area contributed by atoms with Gasteiger partial charge in [-0.25, -0.2) is 5.43 Å². The molecule has 3 aromatic carbocycles. The molecule has 1 heterocycles. The molecule has 5 heteroatoms. The van der Waals surface area contributed by atoms with Crippen LogP contribution in [0.15, 0.2) is 71.8 Å². The number of benzene rings is 3. The molecule has 0 radical (unpaired) electrons. The van der Waals surface area contributed by atoms with Gasteiger partial charge < -0.3 is 0 Å². The fourth-order valence-corrected chi connectivity index (χ4v) is 4.14. The first kappa shape index (κ1) is 15.8. The summed E-state index contributed by atoms with van der Waals surface area (Å²) >= 11 is 7.69. The summed E-state index contributed by atoms with van der Waals surface area (Å²) in [5.74, 6) is -0.303. The average molecular weight is 365 g/mol. The van der Waals surface area contributed by atoms with Gasteiger partial charge in [-0.05, 0) is 16.8 Å². The van der Waals surface area contributed by atoms with Crippen molar-refractivity contribution in [2.45, 2.75) is 0 Å². The van der Waals surface area contributed by atoms with Gasteiger partial charge in [0.2, 0.25) is 0 Å². The van der Waals surface area contributed by atoms with E-state index in [0.29, 0.717) is 9.90 Å². The quantitative estimate of drug-likeness (QED) is 0.380. The van der Waals surface area contributed by atoms with Crippen molar-refractivity contribution in [2.75, 3.05) is 0 Å². The van der Waals surface area contributed by atoms with Crippen LogP contribution in [0.4, 0.5) is 0 Å². The molecule has 1 N–H and O–H groups in total. The van der Waals surface area contributed by atoms with Gasteiger partial charge in [-0.3, -0.25) is 4.79 Å². The van der Waals surface area contributed by atoms with Crippen molar-refractivity contribution < 1.29 is 4.79 Å². The minimum atomic E-state index is -0.303. The van der Waals surface area contributed by atoms with E-state index in [9.17, 15) is 4.79 Å². The molecule has 0 atom stereocenters. The van der Waals surface area contributed by atoms with E-state index in [0.717, 1.165) is 26.4 Å². The van der Waals surface area contributed by atoms with Gasteiger partial charge >= 0.3 is 0 Å². The summed E-state index contributed by atoms with van der Waals surface area (Å²) in [6, 6.07) is 21.7. The van der Waals surface area contributed by atoms with E-state index >= 15 is 0 Å². The SMILES string of the molecule is O=C(N/N=C\c1cccc2ccccc12)c1sc2ccccc2c1Cl. The molecule has 0 aliphatic carbocycles. The number of fused-ring (bicyclic) bond motifs is 2. The zero-order valence-corrected chi connectivity index (χ0v) is 14.6. The van der Waals surface area contributed by atoms with E-state index in [-0.39, 0.29) is 5.91 Å². The Morgan fingerprint density at radius 2 is 1.68 bits per heavy atom. The Bertz CT molecular complexity index is 1110. The maximum Gasteiger partial charge on any atom is 0.283 e. The summed E-state index contributed by atoms with van der Waals surface area (Å²) in [5, 5.41) is 7.68. The number of hydrazone groups is 1. The number of nitrogens with one attached hydrogen (secondary N) is 1. The Labute approximate surface area is 153 Å². The van der Waals surface area contributed by atoms with Gasteiger partial charge in [0.15, 0.2) is 0 Å². The first-order valence-corrected chi connectivity index (χ1v) is 8.92. The van der Waals surface area contributed by atoms with E-state index in [2.05, 4.69) is 10.5 Å². The normalized spacial score (nSPS) is 11.4. The molecule has 1 aromatic heterocycles. The molecule has 122 valence electrons. The van der Waals surface area contributed by atoms with Crippen molar-refractivity contribution in [1.29, 1.82) is 0 Å². The van der Waals surface area contributed by atoms with Crippen molar-refractivity contribution in [3.63, 3.8) is 0 Å². The molecule has 25 heavy (non-hydrogen) atoms. The Morgan fingerprint density at radius 3 is 2.52 bits per heavy atom. The van der Waals surface area contributed by atoms with Crippen LogP contribution in [0.3, 0.4) is 0 Å². The van der Waals surface area contributed by atoms with Crippen LogP contribution in [0.5, 0.6) is 0 Å². The molecule has 0 spiro atoms. The maximum atomic E-state index is 12.4. The summed E-state index contributed by atoms with van der Waals surface area (Å²) in [5.41, 5.74) is 3.52. The Kier molecular flexibility index (Phi) is 4.22. The van der Waals surface area contributed by atoms with Crippen molar-refractivity contribution in [1.82, 2.24) is 5.43 Å². The van der Waals surface area contributed by atoms with Crippen LogP contribution < -0.4 is 5.43 Å². The second-order valence-electron chi connectivity index (χ2n) is 5.51. The fraction of sp³-hybridized carbons (Fsp3) is 0. The largest absolute Gasteiger partial charge is 0.283 e. The van der Waals surface area contributed by atoms with Gasteiger partial charge in [0, 0.05) is 15.6 Å². The number of thiophene rings is 1. The highest BCUT2D eigenvalue weighted by atomic mass is 35.5. The Morgan fingerprint density at radius 1 is 0.960 bits per heavy atom. The molecule has 0 aliphatic rings. The molecule has 0 fully saturated rings. The van der Waals surface area contributed by atoms with Gasteiger partial charge in [-0.2, -0.15) is 5.10 Å². The van der Waals surface area contributed by atoms with E-state index < -0.39 is 0 Å². The van der Waals surface area contributed by atoms with Crippen LogP contribution in [0, 0.1) is 0 Å². The predicted molar refractivity (Wildman–Crippen MR) is 106 cm³/mol. The van der Waals surface area contributed by atoms with Gasteiger partial charge in [0.1, 0.15) is 4.88 Å². The number of rotatable bonds is 3. The topological polar surface area (TPSA) is 41.5 Å². The predicted octanol–water partition coefficient (Wildman–Crippen LogP) is 5.47. The number of carbonyl (C=O) groups is 1. The molecule has 0 saturated heterocycles. The first-order valence-electron chi connectivity index (χ1n) is 7.72. The van der Waals surface area contributed by atoms with Gasteiger partial charge in [0.05, 0.1) is 11.2 Å². The van der Waals surface area contributed by atoms with E-state index in [4.69, 9.17) is 11.6 Å². The van der Waals surface area contributed by atoms with E-state index in [1.54, 1.807) is 6.21 Å². The number of hydrogen-bond acceptors (Lipinski definition) is 3. The van der Waals surface area contributed by atoms with Crippen LogP contribution in [0.2, 0.25) is 5.02 Å². The molecule has 0 bridgehead atoms. The smallest absolute Gasteiger partial charge is 0.266 e. The Balaban J connectivity index is 1.58. The molecule has 1 amide bonds. The third-order valence-electron chi connectivity index (χ3n) is 3.93. The minimum absolute atomic E-state index is 0.303. The van der Waals surface area contributed by atoms with Crippen LogP contribution in [-0.4, -0.2) is 12.1 Å². The average Bonchev–Trinajstić information content (AvgIpc) is 2.99. The van der Waals surface area contributed by atoms with Crippen LogP contribution in [0.1, 0.15) is 15.2 Å². The molecule has 0 unspecified atom stereocenters. The lowest BCUT2D eigenvalue weighted by Crippen LogP contribution is -2.16. The lowest BCUT2D eigenvalue weighted by Gasteiger charge is -2.01. The molecular weight excluding hydrogens is 352 g/mol. The van der Waals surface area contributed by atoms with Crippen molar-refractivity contribution >= 4 is 55.9 Å². The van der Waals surface area contributed by atoms with Gasteiger partial charge in [-0.15, -0.1) is 11.3 Å². The second-order valence-corrected chi connectivity index (χ2v) is 6.94. The molecule has 0 saturated carbocycles. The monoisotopic (exact) mass is 364 g/mol.